The van der Waals surface area contributed by atoms with Crippen LogP contribution in [0.4, 0.5) is 5.69 Å². The summed E-state index contributed by atoms with van der Waals surface area (Å²) in [7, 11) is 2.10. The average molecular weight is 269 g/mol. The summed E-state index contributed by atoms with van der Waals surface area (Å²) < 4.78 is 0. The van der Waals surface area contributed by atoms with Crippen LogP contribution >= 0.6 is 23.4 Å². The maximum Gasteiger partial charge on any atom is 0.164 e. The molecule has 1 aliphatic heterocycles. The van der Waals surface area contributed by atoms with Crippen molar-refractivity contribution in [3.8, 4) is 0 Å². The molecule has 1 atom stereocenters. The van der Waals surface area contributed by atoms with E-state index in [1.165, 1.54) is 6.42 Å². The summed E-state index contributed by atoms with van der Waals surface area (Å²) >= 11 is 7.81. The predicted molar refractivity (Wildman–Crippen MR) is 77.6 cm³/mol. The standard InChI is InChI=1S/C13H17ClN2S/c1-4-11-8-16(3)13(17-11)15-12-6-5-10(14)7-9(12)2/h5-7,11H,4,8H2,1-3H3. The SMILES string of the molecule is CCC1CN(C)C(=Nc2ccc(Cl)cc2C)S1. The minimum absolute atomic E-state index is 0.673. The molecule has 0 amide bonds. The second-order valence-electron chi connectivity index (χ2n) is 4.35. The van der Waals surface area contributed by atoms with Crippen LogP contribution in [0.25, 0.3) is 0 Å². The number of hydrogen-bond acceptors (Lipinski definition) is 2. The fraction of sp³-hybridized carbons (Fsp3) is 0.462. The molecule has 1 aromatic rings. The van der Waals surface area contributed by atoms with Crippen LogP contribution in [-0.4, -0.2) is 28.9 Å². The zero-order chi connectivity index (χ0) is 12.4. The number of nitrogens with zero attached hydrogens (tertiary/aromatic N) is 2. The van der Waals surface area contributed by atoms with Gasteiger partial charge >= 0.3 is 0 Å². The number of hydrogen-bond donors (Lipinski definition) is 0. The van der Waals surface area contributed by atoms with Gasteiger partial charge in [0.1, 0.15) is 0 Å². The van der Waals surface area contributed by atoms with Crippen molar-refractivity contribution in [3.05, 3.63) is 28.8 Å². The number of benzene rings is 1. The second-order valence-corrected chi connectivity index (χ2v) is 6.06. The highest BCUT2D eigenvalue weighted by Crippen LogP contribution is 2.30. The van der Waals surface area contributed by atoms with E-state index in [2.05, 4.69) is 18.9 Å². The monoisotopic (exact) mass is 268 g/mol. The molecule has 1 aromatic carbocycles. The van der Waals surface area contributed by atoms with Gasteiger partial charge in [0.05, 0.1) is 5.69 Å². The van der Waals surface area contributed by atoms with E-state index in [1.54, 1.807) is 0 Å². The van der Waals surface area contributed by atoms with Crippen LogP contribution in [0.5, 0.6) is 0 Å². The van der Waals surface area contributed by atoms with Gasteiger partial charge in [0.2, 0.25) is 0 Å². The normalized spacial score (nSPS) is 22.5. The quantitative estimate of drug-likeness (QED) is 0.803. The van der Waals surface area contributed by atoms with Crippen LogP contribution in [0.2, 0.25) is 5.02 Å². The van der Waals surface area contributed by atoms with Crippen molar-refractivity contribution in [2.45, 2.75) is 25.5 Å². The molecule has 2 rings (SSSR count). The van der Waals surface area contributed by atoms with Crippen molar-refractivity contribution in [1.82, 2.24) is 4.90 Å². The Morgan fingerprint density at radius 2 is 2.29 bits per heavy atom. The molecule has 1 unspecified atom stereocenters. The maximum absolute atomic E-state index is 5.94. The minimum Gasteiger partial charge on any atom is -0.353 e. The van der Waals surface area contributed by atoms with Gasteiger partial charge in [0.25, 0.3) is 0 Å². The van der Waals surface area contributed by atoms with E-state index in [-0.39, 0.29) is 0 Å². The zero-order valence-electron chi connectivity index (χ0n) is 10.4. The van der Waals surface area contributed by atoms with Gasteiger partial charge in [-0.3, -0.25) is 0 Å². The molecular weight excluding hydrogens is 252 g/mol. The van der Waals surface area contributed by atoms with Gasteiger partial charge < -0.3 is 4.90 Å². The first-order valence-corrected chi connectivity index (χ1v) is 7.08. The third-order valence-corrected chi connectivity index (χ3v) is 4.57. The lowest BCUT2D eigenvalue weighted by Crippen LogP contribution is -2.20. The van der Waals surface area contributed by atoms with E-state index in [4.69, 9.17) is 16.6 Å². The lowest BCUT2D eigenvalue weighted by atomic mass is 10.2. The Hall–Kier alpha value is -0.670. The summed E-state index contributed by atoms with van der Waals surface area (Å²) in [6, 6.07) is 5.83. The van der Waals surface area contributed by atoms with Crippen LogP contribution in [0.1, 0.15) is 18.9 Å². The highest BCUT2D eigenvalue weighted by Gasteiger charge is 2.24. The third kappa shape index (κ3) is 2.96. The maximum atomic E-state index is 5.94. The summed E-state index contributed by atoms with van der Waals surface area (Å²) in [6.45, 7) is 5.36. The molecule has 0 aromatic heterocycles. The number of amidine groups is 1. The van der Waals surface area contributed by atoms with Crippen molar-refractivity contribution >= 4 is 34.2 Å². The fourth-order valence-electron chi connectivity index (χ4n) is 1.83. The summed E-state index contributed by atoms with van der Waals surface area (Å²) in [6.07, 6.45) is 1.19. The number of halogens is 1. The molecule has 0 bridgehead atoms. The number of rotatable bonds is 2. The summed E-state index contributed by atoms with van der Waals surface area (Å²) in [5, 5.41) is 2.55. The molecule has 1 saturated heterocycles. The Kier molecular flexibility index (Phi) is 4.00. The molecule has 0 saturated carbocycles. The molecule has 0 radical (unpaired) electrons. The second kappa shape index (κ2) is 5.32. The van der Waals surface area contributed by atoms with Crippen LogP contribution in [0, 0.1) is 6.92 Å². The van der Waals surface area contributed by atoms with E-state index in [1.807, 2.05) is 36.9 Å². The molecule has 1 heterocycles. The van der Waals surface area contributed by atoms with E-state index >= 15 is 0 Å². The zero-order valence-corrected chi connectivity index (χ0v) is 12.0. The lowest BCUT2D eigenvalue weighted by Gasteiger charge is -2.10. The molecule has 4 heteroatoms. The minimum atomic E-state index is 0.673. The summed E-state index contributed by atoms with van der Waals surface area (Å²) in [4.78, 5) is 6.95. The molecular formula is C13H17ClN2S. The number of thioether (sulfide) groups is 1. The topological polar surface area (TPSA) is 15.6 Å². The van der Waals surface area contributed by atoms with Gasteiger partial charge in [-0.15, -0.1) is 0 Å². The first kappa shape index (κ1) is 12.8. The largest absolute Gasteiger partial charge is 0.353 e. The third-order valence-electron chi connectivity index (χ3n) is 2.91. The Bertz CT molecular complexity index is 445. The molecule has 1 aliphatic rings. The van der Waals surface area contributed by atoms with Crippen LogP contribution in [-0.2, 0) is 0 Å². The van der Waals surface area contributed by atoms with Gasteiger partial charge in [-0.05, 0) is 37.1 Å². The van der Waals surface area contributed by atoms with Crippen LogP contribution in [0.3, 0.4) is 0 Å². The molecule has 1 fully saturated rings. The fourth-order valence-corrected chi connectivity index (χ4v) is 3.23. The van der Waals surface area contributed by atoms with Crippen molar-refractivity contribution in [3.63, 3.8) is 0 Å². The molecule has 0 spiro atoms. The van der Waals surface area contributed by atoms with Crippen molar-refractivity contribution in [2.75, 3.05) is 13.6 Å². The molecule has 92 valence electrons. The Morgan fingerprint density at radius 3 is 2.88 bits per heavy atom. The lowest BCUT2D eigenvalue weighted by molar-refractivity contribution is 0.518. The van der Waals surface area contributed by atoms with Gasteiger partial charge in [-0.25, -0.2) is 4.99 Å². The molecule has 2 nitrogen and oxygen atoms in total. The van der Waals surface area contributed by atoms with Crippen molar-refractivity contribution in [2.24, 2.45) is 4.99 Å². The van der Waals surface area contributed by atoms with E-state index in [0.717, 1.165) is 28.0 Å². The van der Waals surface area contributed by atoms with Crippen LogP contribution in [0.15, 0.2) is 23.2 Å². The van der Waals surface area contributed by atoms with E-state index < -0.39 is 0 Å². The average Bonchev–Trinajstić information content (AvgIpc) is 2.64. The van der Waals surface area contributed by atoms with Gasteiger partial charge in [0, 0.05) is 23.9 Å². The molecule has 17 heavy (non-hydrogen) atoms. The molecule has 0 N–H and O–H groups in total. The van der Waals surface area contributed by atoms with Gasteiger partial charge in [-0.1, -0.05) is 30.3 Å². The highest BCUT2D eigenvalue weighted by molar-refractivity contribution is 8.14. The van der Waals surface area contributed by atoms with Crippen molar-refractivity contribution < 1.29 is 0 Å². The predicted octanol–water partition coefficient (Wildman–Crippen LogP) is 4.09. The van der Waals surface area contributed by atoms with Gasteiger partial charge in [-0.2, -0.15) is 0 Å². The smallest absolute Gasteiger partial charge is 0.164 e. The van der Waals surface area contributed by atoms with Gasteiger partial charge in [0.15, 0.2) is 5.17 Å². The summed E-state index contributed by atoms with van der Waals surface area (Å²) in [5.41, 5.74) is 2.14. The van der Waals surface area contributed by atoms with E-state index in [9.17, 15) is 0 Å². The Balaban J connectivity index is 2.24. The van der Waals surface area contributed by atoms with Crippen molar-refractivity contribution in [1.29, 1.82) is 0 Å². The number of aryl methyl sites for hydroxylation is 1. The molecule has 0 aliphatic carbocycles. The Labute approximate surface area is 112 Å². The summed E-state index contributed by atoms with van der Waals surface area (Å²) in [5.74, 6) is 0. The van der Waals surface area contributed by atoms with E-state index in [0.29, 0.717) is 5.25 Å². The first-order valence-electron chi connectivity index (χ1n) is 5.82. The van der Waals surface area contributed by atoms with Crippen LogP contribution < -0.4 is 0 Å². The number of aliphatic imine (C=N–C) groups is 1. The highest BCUT2D eigenvalue weighted by atomic mass is 35.5. The Morgan fingerprint density at radius 1 is 1.53 bits per heavy atom. The first-order chi connectivity index (χ1) is 8.10.